The quantitative estimate of drug-likeness (QED) is 0.831. The Labute approximate surface area is 95.6 Å². The molecule has 1 aromatic rings. The fourth-order valence-corrected chi connectivity index (χ4v) is 3.45. The van der Waals surface area contributed by atoms with Gasteiger partial charge in [-0.05, 0) is 31.0 Å². The first-order valence-corrected chi connectivity index (χ1v) is 6.69. The molecule has 0 saturated carbocycles. The highest BCUT2D eigenvalue weighted by atomic mass is 32.2. The Bertz CT molecular complexity index is 484. The summed E-state index contributed by atoms with van der Waals surface area (Å²) >= 11 is 0. The van der Waals surface area contributed by atoms with Gasteiger partial charge in [-0.2, -0.15) is 4.31 Å². The Morgan fingerprint density at radius 3 is 2.75 bits per heavy atom. The van der Waals surface area contributed by atoms with E-state index in [1.807, 2.05) is 13.0 Å². The highest BCUT2D eigenvalue weighted by Gasteiger charge is 2.31. The van der Waals surface area contributed by atoms with Gasteiger partial charge in [0.15, 0.2) is 0 Å². The second-order valence-corrected chi connectivity index (χ2v) is 6.06. The van der Waals surface area contributed by atoms with Gasteiger partial charge >= 0.3 is 0 Å². The minimum atomic E-state index is -3.42. The first kappa shape index (κ1) is 11.6. The number of nitrogens with zero attached hydrogens (tertiary/aromatic N) is 1. The van der Waals surface area contributed by atoms with Crippen molar-refractivity contribution in [3.63, 3.8) is 0 Å². The lowest BCUT2D eigenvalue weighted by molar-refractivity contribution is 0.189. The highest BCUT2D eigenvalue weighted by molar-refractivity contribution is 7.89. The predicted molar refractivity (Wildman–Crippen MR) is 60.6 cm³/mol. The van der Waals surface area contributed by atoms with Crippen molar-refractivity contribution in [2.24, 2.45) is 0 Å². The average Bonchev–Trinajstić information content (AvgIpc) is 2.65. The van der Waals surface area contributed by atoms with E-state index in [0.717, 1.165) is 5.56 Å². The summed E-state index contributed by atoms with van der Waals surface area (Å²) in [5.41, 5.74) is 0.917. The molecule has 1 aliphatic rings. The molecule has 2 rings (SSSR count). The van der Waals surface area contributed by atoms with Crippen molar-refractivity contribution in [2.45, 2.75) is 24.3 Å². The summed E-state index contributed by atoms with van der Waals surface area (Å²) in [6, 6.07) is 6.83. The van der Waals surface area contributed by atoms with Crippen molar-refractivity contribution in [2.75, 3.05) is 13.1 Å². The van der Waals surface area contributed by atoms with Crippen molar-refractivity contribution in [3.8, 4) is 0 Å². The molecule has 1 saturated heterocycles. The molecular weight excluding hydrogens is 226 g/mol. The van der Waals surface area contributed by atoms with E-state index in [9.17, 15) is 13.5 Å². The van der Waals surface area contributed by atoms with Crippen molar-refractivity contribution < 1.29 is 13.5 Å². The Morgan fingerprint density at radius 1 is 1.44 bits per heavy atom. The van der Waals surface area contributed by atoms with Gasteiger partial charge in [-0.3, -0.25) is 0 Å². The molecule has 0 bridgehead atoms. The Balaban J connectivity index is 2.32. The Kier molecular flexibility index (Phi) is 3.01. The number of benzene rings is 1. The molecule has 0 radical (unpaired) electrons. The molecule has 1 N–H and O–H groups in total. The van der Waals surface area contributed by atoms with E-state index < -0.39 is 16.1 Å². The van der Waals surface area contributed by atoms with E-state index in [1.54, 1.807) is 18.2 Å². The van der Waals surface area contributed by atoms with Gasteiger partial charge in [0, 0.05) is 13.1 Å². The number of sulfonamides is 1. The standard InChI is InChI=1S/C11H15NO3S/c1-9-3-2-4-11(7-9)16(14,15)12-6-5-10(13)8-12/h2-4,7,10,13H,5-6,8H2,1H3. The fourth-order valence-electron chi connectivity index (χ4n) is 1.85. The van der Waals surface area contributed by atoms with E-state index in [1.165, 1.54) is 4.31 Å². The maximum Gasteiger partial charge on any atom is 0.243 e. The zero-order valence-corrected chi connectivity index (χ0v) is 9.94. The Hall–Kier alpha value is -0.910. The van der Waals surface area contributed by atoms with Crippen LogP contribution in [0.3, 0.4) is 0 Å². The normalized spacial score (nSPS) is 22.5. The average molecular weight is 241 g/mol. The number of hydrogen-bond acceptors (Lipinski definition) is 3. The van der Waals surface area contributed by atoms with Gasteiger partial charge in [0.25, 0.3) is 0 Å². The molecule has 16 heavy (non-hydrogen) atoms. The van der Waals surface area contributed by atoms with Crippen LogP contribution in [0.4, 0.5) is 0 Å². The number of aryl methyl sites for hydroxylation is 1. The maximum absolute atomic E-state index is 12.1. The number of aliphatic hydroxyl groups is 1. The summed E-state index contributed by atoms with van der Waals surface area (Å²) < 4.78 is 25.6. The second-order valence-electron chi connectivity index (χ2n) is 4.12. The number of aliphatic hydroxyl groups excluding tert-OH is 1. The van der Waals surface area contributed by atoms with Crippen LogP contribution in [-0.4, -0.2) is 37.0 Å². The zero-order valence-electron chi connectivity index (χ0n) is 9.13. The van der Waals surface area contributed by atoms with Crippen molar-refractivity contribution >= 4 is 10.0 Å². The number of β-amino-alcohol motifs (C(OH)–C–C–N with tert-alkyl or cyclic N) is 1. The van der Waals surface area contributed by atoms with Gasteiger partial charge in [-0.15, -0.1) is 0 Å². The third-order valence-electron chi connectivity index (χ3n) is 2.75. The minimum absolute atomic E-state index is 0.205. The lowest BCUT2D eigenvalue weighted by Crippen LogP contribution is -2.29. The molecule has 0 aromatic heterocycles. The summed E-state index contributed by atoms with van der Waals surface area (Å²) in [7, 11) is -3.42. The lowest BCUT2D eigenvalue weighted by atomic mass is 10.2. The summed E-state index contributed by atoms with van der Waals surface area (Å²) in [6.45, 7) is 2.46. The summed E-state index contributed by atoms with van der Waals surface area (Å²) in [5.74, 6) is 0. The third-order valence-corrected chi connectivity index (χ3v) is 4.61. The van der Waals surface area contributed by atoms with E-state index in [0.29, 0.717) is 17.9 Å². The SMILES string of the molecule is Cc1cccc(S(=O)(=O)N2CCC(O)C2)c1. The van der Waals surface area contributed by atoms with E-state index in [4.69, 9.17) is 0 Å². The van der Waals surface area contributed by atoms with Crippen LogP contribution in [0.15, 0.2) is 29.2 Å². The largest absolute Gasteiger partial charge is 0.392 e. The monoisotopic (exact) mass is 241 g/mol. The summed E-state index contributed by atoms with van der Waals surface area (Å²) in [5, 5.41) is 9.36. The van der Waals surface area contributed by atoms with Crippen molar-refractivity contribution in [1.82, 2.24) is 4.31 Å². The summed E-state index contributed by atoms with van der Waals surface area (Å²) in [4.78, 5) is 0.307. The summed E-state index contributed by atoms with van der Waals surface area (Å²) in [6.07, 6.45) is -0.00927. The zero-order chi connectivity index (χ0) is 11.8. The van der Waals surface area contributed by atoms with Gasteiger partial charge in [-0.25, -0.2) is 8.42 Å². The van der Waals surface area contributed by atoms with Crippen LogP contribution in [0.1, 0.15) is 12.0 Å². The van der Waals surface area contributed by atoms with E-state index in [-0.39, 0.29) is 6.54 Å². The van der Waals surface area contributed by atoms with Gasteiger partial charge in [0.2, 0.25) is 10.0 Å². The molecule has 0 spiro atoms. The molecule has 0 aliphatic carbocycles. The second kappa shape index (κ2) is 4.16. The van der Waals surface area contributed by atoms with Crippen molar-refractivity contribution in [1.29, 1.82) is 0 Å². The van der Waals surface area contributed by atoms with Gasteiger partial charge in [-0.1, -0.05) is 12.1 Å². The van der Waals surface area contributed by atoms with Crippen LogP contribution < -0.4 is 0 Å². The van der Waals surface area contributed by atoms with Crippen LogP contribution in [0.2, 0.25) is 0 Å². The first-order valence-electron chi connectivity index (χ1n) is 5.25. The molecule has 1 heterocycles. The molecule has 1 aromatic carbocycles. The van der Waals surface area contributed by atoms with Gasteiger partial charge in [0.05, 0.1) is 11.0 Å². The molecule has 0 amide bonds. The Morgan fingerprint density at radius 2 is 2.19 bits per heavy atom. The molecule has 88 valence electrons. The van der Waals surface area contributed by atoms with Crippen LogP contribution >= 0.6 is 0 Å². The van der Waals surface area contributed by atoms with E-state index in [2.05, 4.69) is 0 Å². The highest BCUT2D eigenvalue weighted by Crippen LogP contribution is 2.21. The van der Waals surface area contributed by atoms with Crippen LogP contribution in [0.25, 0.3) is 0 Å². The topological polar surface area (TPSA) is 57.6 Å². The fraction of sp³-hybridized carbons (Fsp3) is 0.455. The molecule has 1 aliphatic heterocycles. The van der Waals surface area contributed by atoms with Gasteiger partial charge in [0.1, 0.15) is 0 Å². The molecular formula is C11H15NO3S. The van der Waals surface area contributed by atoms with Crippen molar-refractivity contribution in [3.05, 3.63) is 29.8 Å². The molecule has 5 heteroatoms. The number of rotatable bonds is 2. The first-order chi connectivity index (χ1) is 7.50. The van der Waals surface area contributed by atoms with Crippen LogP contribution in [0, 0.1) is 6.92 Å². The lowest BCUT2D eigenvalue weighted by Gasteiger charge is -2.15. The molecule has 4 nitrogen and oxygen atoms in total. The van der Waals surface area contributed by atoms with E-state index >= 15 is 0 Å². The third kappa shape index (κ3) is 2.11. The van der Waals surface area contributed by atoms with Gasteiger partial charge < -0.3 is 5.11 Å². The minimum Gasteiger partial charge on any atom is -0.392 e. The molecule has 1 unspecified atom stereocenters. The smallest absolute Gasteiger partial charge is 0.243 e. The predicted octanol–water partition coefficient (Wildman–Crippen LogP) is 0.750. The van der Waals surface area contributed by atoms with Crippen LogP contribution in [-0.2, 0) is 10.0 Å². The maximum atomic E-state index is 12.1. The number of hydrogen-bond donors (Lipinski definition) is 1. The van der Waals surface area contributed by atoms with Crippen LogP contribution in [0.5, 0.6) is 0 Å². The molecule has 1 atom stereocenters. The molecule has 1 fully saturated rings.